The first-order valence-electron chi connectivity index (χ1n) is 6.94. The van der Waals surface area contributed by atoms with Crippen LogP contribution in [0.5, 0.6) is 0 Å². The first-order chi connectivity index (χ1) is 10.7. The SMILES string of the molecule is O=C(O)CCNC(=O)c1c2ccccc2nc2ccccc12. The minimum atomic E-state index is -0.940. The summed E-state index contributed by atoms with van der Waals surface area (Å²) in [6, 6.07) is 14.9. The standard InChI is InChI=1S/C17H14N2O3/c20-15(21)9-10-18-17(22)16-11-5-1-3-7-13(11)19-14-8-4-2-6-12(14)16/h1-8H,9-10H2,(H,18,22)(H,20,21). The Kier molecular flexibility index (Phi) is 3.70. The van der Waals surface area contributed by atoms with Crippen LogP contribution in [0.1, 0.15) is 16.8 Å². The zero-order valence-electron chi connectivity index (χ0n) is 11.7. The molecule has 5 heteroatoms. The number of carbonyl (C=O) groups excluding carboxylic acids is 1. The van der Waals surface area contributed by atoms with Crippen molar-refractivity contribution in [1.82, 2.24) is 10.3 Å². The lowest BCUT2D eigenvalue weighted by Gasteiger charge is -2.10. The number of carboxylic acids is 1. The molecule has 0 aliphatic heterocycles. The molecule has 2 N–H and O–H groups in total. The van der Waals surface area contributed by atoms with Gasteiger partial charge < -0.3 is 10.4 Å². The van der Waals surface area contributed by atoms with E-state index in [1.165, 1.54) is 0 Å². The van der Waals surface area contributed by atoms with Gasteiger partial charge in [0.2, 0.25) is 0 Å². The molecule has 110 valence electrons. The number of hydrogen-bond acceptors (Lipinski definition) is 3. The van der Waals surface area contributed by atoms with Crippen molar-refractivity contribution in [2.75, 3.05) is 6.54 Å². The average molecular weight is 294 g/mol. The second-order valence-electron chi connectivity index (χ2n) is 4.92. The van der Waals surface area contributed by atoms with Gasteiger partial charge in [0, 0.05) is 17.3 Å². The molecule has 22 heavy (non-hydrogen) atoms. The number of aromatic nitrogens is 1. The summed E-state index contributed by atoms with van der Waals surface area (Å²) in [5, 5.41) is 12.9. The highest BCUT2D eigenvalue weighted by molar-refractivity contribution is 6.16. The molecule has 0 saturated carbocycles. The number of fused-ring (bicyclic) bond motifs is 2. The highest BCUT2D eigenvalue weighted by atomic mass is 16.4. The Labute approximate surface area is 126 Å². The molecule has 0 unspecified atom stereocenters. The molecule has 0 spiro atoms. The van der Waals surface area contributed by atoms with Crippen LogP contribution < -0.4 is 5.32 Å². The molecule has 3 aromatic rings. The van der Waals surface area contributed by atoms with Gasteiger partial charge in [-0.3, -0.25) is 9.59 Å². The zero-order chi connectivity index (χ0) is 15.5. The van der Waals surface area contributed by atoms with Crippen LogP contribution in [0.25, 0.3) is 21.8 Å². The van der Waals surface area contributed by atoms with Crippen molar-refractivity contribution in [2.24, 2.45) is 0 Å². The molecule has 0 radical (unpaired) electrons. The Morgan fingerprint density at radius 3 is 2.05 bits per heavy atom. The third-order valence-electron chi connectivity index (χ3n) is 3.44. The van der Waals surface area contributed by atoms with Gasteiger partial charge in [-0.05, 0) is 12.1 Å². The van der Waals surface area contributed by atoms with Gasteiger partial charge in [-0.15, -0.1) is 0 Å². The lowest BCUT2D eigenvalue weighted by molar-refractivity contribution is -0.136. The summed E-state index contributed by atoms with van der Waals surface area (Å²) in [5.74, 6) is -1.22. The summed E-state index contributed by atoms with van der Waals surface area (Å²) >= 11 is 0. The molecular weight excluding hydrogens is 280 g/mol. The smallest absolute Gasteiger partial charge is 0.305 e. The maximum atomic E-state index is 12.5. The van der Waals surface area contributed by atoms with Crippen molar-refractivity contribution in [3.8, 4) is 0 Å². The van der Waals surface area contributed by atoms with E-state index in [1.54, 1.807) is 0 Å². The van der Waals surface area contributed by atoms with Crippen LogP contribution >= 0.6 is 0 Å². The maximum absolute atomic E-state index is 12.5. The number of carbonyl (C=O) groups is 2. The number of nitrogens with one attached hydrogen (secondary N) is 1. The minimum Gasteiger partial charge on any atom is -0.481 e. The second-order valence-corrected chi connectivity index (χ2v) is 4.92. The van der Waals surface area contributed by atoms with Gasteiger partial charge in [-0.25, -0.2) is 4.98 Å². The number of carboxylic acid groups (broad SMARTS) is 1. The van der Waals surface area contributed by atoms with Crippen molar-refractivity contribution in [2.45, 2.75) is 6.42 Å². The third kappa shape index (κ3) is 2.61. The molecule has 1 amide bonds. The van der Waals surface area contributed by atoms with Gasteiger partial charge in [-0.2, -0.15) is 0 Å². The molecule has 2 aromatic carbocycles. The molecule has 1 aromatic heterocycles. The first-order valence-corrected chi connectivity index (χ1v) is 6.94. The molecule has 1 heterocycles. The number of aliphatic carboxylic acids is 1. The summed E-state index contributed by atoms with van der Waals surface area (Å²) in [6.45, 7) is 0.0964. The third-order valence-corrected chi connectivity index (χ3v) is 3.44. The minimum absolute atomic E-state index is 0.0964. The molecule has 0 fully saturated rings. The average Bonchev–Trinajstić information content (AvgIpc) is 2.52. The van der Waals surface area contributed by atoms with Crippen molar-refractivity contribution in [3.05, 3.63) is 54.1 Å². The van der Waals surface area contributed by atoms with E-state index in [0.29, 0.717) is 5.56 Å². The summed E-state index contributed by atoms with van der Waals surface area (Å²) < 4.78 is 0. The van der Waals surface area contributed by atoms with E-state index in [-0.39, 0.29) is 18.9 Å². The van der Waals surface area contributed by atoms with Gasteiger partial charge in [-0.1, -0.05) is 36.4 Å². The van der Waals surface area contributed by atoms with Crippen LogP contribution in [-0.4, -0.2) is 28.5 Å². The largest absolute Gasteiger partial charge is 0.481 e. The number of nitrogens with zero attached hydrogens (tertiary/aromatic N) is 1. The van der Waals surface area contributed by atoms with Gasteiger partial charge in [0.1, 0.15) is 0 Å². The predicted molar refractivity (Wildman–Crippen MR) is 83.8 cm³/mol. The summed E-state index contributed by atoms with van der Waals surface area (Å²) in [7, 11) is 0. The predicted octanol–water partition coefficient (Wildman–Crippen LogP) is 2.59. The summed E-state index contributed by atoms with van der Waals surface area (Å²) in [4.78, 5) is 27.7. The monoisotopic (exact) mass is 294 g/mol. The van der Waals surface area contributed by atoms with Gasteiger partial charge >= 0.3 is 5.97 Å². The van der Waals surface area contributed by atoms with Crippen LogP contribution in [0.2, 0.25) is 0 Å². The molecule has 3 rings (SSSR count). The van der Waals surface area contributed by atoms with E-state index in [0.717, 1.165) is 21.8 Å². The Bertz CT molecular complexity index is 820. The summed E-state index contributed by atoms with van der Waals surface area (Å²) in [6.07, 6.45) is -0.104. The van der Waals surface area contributed by atoms with Gasteiger partial charge in [0.15, 0.2) is 0 Å². The fourth-order valence-electron chi connectivity index (χ4n) is 2.46. The topological polar surface area (TPSA) is 79.3 Å². The molecule has 0 aliphatic rings. The van der Waals surface area contributed by atoms with Crippen molar-refractivity contribution < 1.29 is 14.7 Å². The van der Waals surface area contributed by atoms with Crippen LogP contribution in [0.15, 0.2) is 48.5 Å². The van der Waals surface area contributed by atoms with E-state index in [4.69, 9.17) is 5.11 Å². The van der Waals surface area contributed by atoms with Gasteiger partial charge in [0.05, 0.1) is 23.0 Å². The van der Waals surface area contributed by atoms with E-state index in [2.05, 4.69) is 10.3 Å². The Balaban J connectivity index is 2.11. The lowest BCUT2D eigenvalue weighted by Crippen LogP contribution is -2.26. The number of hydrogen-bond donors (Lipinski definition) is 2. The van der Waals surface area contributed by atoms with Crippen LogP contribution in [0.4, 0.5) is 0 Å². The van der Waals surface area contributed by atoms with E-state index in [1.807, 2.05) is 48.5 Å². The summed E-state index contributed by atoms with van der Waals surface area (Å²) in [5.41, 5.74) is 2.01. The van der Waals surface area contributed by atoms with E-state index in [9.17, 15) is 9.59 Å². The van der Waals surface area contributed by atoms with E-state index < -0.39 is 5.97 Å². The lowest BCUT2D eigenvalue weighted by atomic mass is 10.0. The normalized spacial score (nSPS) is 10.7. The zero-order valence-corrected chi connectivity index (χ0v) is 11.7. The van der Waals surface area contributed by atoms with Crippen molar-refractivity contribution in [1.29, 1.82) is 0 Å². The van der Waals surface area contributed by atoms with Crippen LogP contribution in [-0.2, 0) is 4.79 Å². The van der Waals surface area contributed by atoms with Crippen molar-refractivity contribution in [3.63, 3.8) is 0 Å². The van der Waals surface area contributed by atoms with E-state index >= 15 is 0 Å². The molecular formula is C17H14N2O3. The van der Waals surface area contributed by atoms with Crippen molar-refractivity contribution >= 4 is 33.7 Å². The Hall–Kier alpha value is -2.95. The Morgan fingerprint density at radius 2 is 1.50 bits per heavy atom. The second kappa shape index (κ2) is 5.81. The number of para-hydroxylation sites is 2. The number of rotatable bonds is 4. The molecule has 5 nitrogen and oxygen atoms in total. The van der Waals surface area contributed by atoms with Crippen LogP contribution in [0, 0.1) is 0 Å². The highest BCUT2D eigenvalue weighted by Gasteiger charge is 2.15. The fraction of sp³-hybridized carbons (Fsp3) is 0.118. The first kappa shape index (κ1) is 14.0. The van der Waals surface area contributed by atoms with Crippen LogP contribution in [0.3, 0.4) is 0 Å². The number of benzene rings is 2. The Morgan fingerprint density at radius 1 is 0.955 bits per heavy atom. The maximum Gasteiger partial charge on any atom is 0.305 e. The number of amides is 1. The fourth-order valence-corrected chi connectivity index (χ4v) is 2.46. The highest BCUT2D eigenvalue weighted by Crippen LogP contribution is 2.25. The molecule has 0 bridgehead atoms. The van der Waals surface area contributed by atoms with Gasteiger partial charge in [0.25, 0.3) is 5.91 Å². The number of pyridine rings is 1. The quantitative estimate of drug-likeness (QED) is 0.725. The molecule has 0 saturated heterocycles. The molecule has 0 atom stereocenters. The molecule has 0 aliphatic carbocycles.